The highest BCUT2D eigenvalue weighted by Gasteiger charge is 2.19. The molecule has 148 valence electrons. The number of amides is 1. The molecule has 2 aromatic carbocycles. The van der Waals surface area contributed by atoms with Crippen molar-refractivity contribution in [3.05, 3.63) is 71.5 Å². The van der Waals surface area contributed by atoms with Gasteiger partial charge in [-0.1, -0.05) is 67.9 Å². The van der Waals surface area contributed by atoms with Crippen molar-refractivity contribution in [1.29, 1.82) is 0 Å². The lowest BCUT2D eigenvalue weighted by molar-refractivity contribution is -0.117. The first-order valence-electron chi connectivity index (χ1n) is 9.66. The summed E-state index contributed by atoms with van der Waals surface area (Å²) >= 11 is 1.51. The third-order valence-corrected chi connectivity index (χ3v) is 5.56. The average Bonchev–Trinajstić information content (AvgIpc) is 3.17. The Kier molecular flexibility index (Phi) is 5.91. The number of aromatic nitrogens is 1. The van der Waals surface area contributed by atoms with Crippen molar-refractivity contribution in [1.82, 2.24) is 4.98 Å². The molecule has 0 radical (unpaired) electrons. The molecular weight excluding hydrogens is 384 g/mol. The lowest BCUT2D eigenvalue weighted by Gasteiger charge is -2.14. The largest absolute Gasteiger partial charge is 0.494 e. The molecular formula is C23H22N2O3S. The van der Waals surface area contributed by atoms with Crippen LogP contribution in [0.1, 0.15) is 18.2 Å². The number of hydrogen-bond acceptors (Lipinski definition) is 5. The second-order valence-corrected chi connectivity index (χ2v) is 7.72. The van der Waals surface area contributed by atoms with Crippen molar-refractivity contribution in [2.75, 3.05) is 18.5 Å². The lowest BCUT2D eigenvalue weighted by atomic mass is 10.0. The van der Waals surface area contributed by atoms with E-state index in [0.29, 0.717) is 18.3 Å². The van der Waals surface area contributed by atoms with Crippen LogP contribution in [0.15, 0.2) is 66.6 Å². The summed E-state index contributed by atoms with van der Waals surface area (Å²) < 4.78 is 10.5. The van der Waals surface area contributed by atoms with Crippen molar-refractivity contribution in [3.63, 3.8) is 0 Å². The molecule has 1 aliphatic heterocycles. The van der Waals surface area contributed by atoms with Gasteiger partial charge in [-0.05, 0) is 17.5 Å². The smallest absolute Gasteiger partial charge is 0.295 e. The number of aryl methyl sites for hydroxylation is 1. The number of benzene rings is 2. The fourth-order valence-corrected chi connectivity index (χ4v) is 4.20. The number of carbonyl (C=O) groups excluding carboxylic acids is 1. The van der Waals surface area contributed by atoms with Crippen LogP contribution in [-0.4, -0.2) is 24.1 Å². The first kappa shape index (κ1) is 19.2. The van der Waals surface area contributed by atoms with Gasteiger partial charge in [0, 0.05) is 10.4 Å². The van der Waals surface area contributed by atoms with Crippen LogP contribution < -0.4 is 5.32 Å². The van der Waals surface area contributed by atoms with Gasteiger partial charge in [0.15, 0.2) is 5.13 Å². The molecule has 0 saturated carbocycles. The zero-order chi connectivity index (χ0) is 20.1. The third kappa shape index (κ3) is 4.49. The van der Waals surface area contributed by atoms with Crippen molar-refractivity contribution >= 4 is 22.4 Å². The molecule has 0 aliphatic carbocycles. The Morgan fingerprint density at radius 2 is 1.76 bits per heavy atom. The molecule has 0 unspecified atom stereocenters. The Morgan fingerprint density at radius 1 is 1.03 bits per heavy atom. The molecule has 0 fully saturated rings. The van der Waals surface area contributed by atoms with E-state index in [-0.39, 0.29) is 11.7 Å². The van der Waals surface area contributed by atoms with Crippen molar-refractivity contribution in [3.8, 4) is 22.4 Å². The normalized spacial score (nSPS) is 13.2. The fraction of sp³-hybridized carbons (Fsp3) is 0.217. The van der Waals surface area contributed by atoms with E-state index in [4.69, 9.17) is 14.5 Å². The predicted octanol–water partition coefficient (Wildman–Crippen LogP) is 5.26. The number of anilines is 1. The van der Waals surface area contributed by atoms with Crippen LogP contribution in [0.5, 0.6) is 0 Å². The molecule has 0 saturated heterocycles. The molecule has 1 N–H and O–H groups in total. The van der Waals surface area contributed by atoms with E-state index >= 15 is 0 Å². The van der Waals surface area contributed by atoms with E-state index in [9.17, 15) is 4.79 Å². The summed E-state index contributed by atoms with van der Waals surface area (Å²) in [4.78, 5) is 18.2. The van der Waals surface area contributed by atoms with Crippen LogP contribution in [0.25, 0.3) is 22.4 Å². The molecule has 1 amide bonds. The minimum Gasteiger partial charge on any atom is -0.494 e. The molecule has 0 spiro atoms. The Bertz CT molecular complexity index is 1010. The molecule has 0 bridgehead atoms. The molecule has 2 heterocycles. The Labute approximate surface area is 174 Å². The van der Waals surface area contributed by atoms with Crippen molar-refractivity contribution < 1.29 is 14.3 Å². The Balaban J connectivity index is 1.58. The van der Waals surface area contributed by atoms with E-state index in [2.05, 4.69) is 48.6 Å². The van der Waals surface area contributed by atoms with Gasteiger partial charge in [0.2, 0.25) is 5.76 Å². The van der Waals surface area contributed by atoms with Crippen LogP contribution in [0.2, 0.25) is 0 Å². The van der Waals surface area contributed by atoms with Crippen molar-refractivity contribution in [2.45, 2.75) is 19.8 Å². The number of carbonyl (C=O) groups is 1. The molecule has 1 aliphatic rings. The summed E-state index contributed by atoms with van der Waals surface area (Å²) in [5.74, 6) is -0.162. The van der Waals surface area contributed by atoms with Crippen LogP contribution in [0.4, 0.5) is 5.13 Å². The third-order valence-electron chi connectivity index (χ3n) is 4.53. The van der Waals surface area contributed by atoms with E-state index in [1.807, 2.05) is 18.2 Å². The summed E-state index contributed by atoms with van der Waals surface area (Å²) in [5.41, 5.74) is 4.31. The zero-order valence-electron chi connectivity index (χ0n) is 16.2. The molecule has 29 heavy (non-hydrogen) atoms. The lowest BCUT2D eigenvalue weighted by Crippen LogP contribution is -2.21. The molecule has 4 rings (SSSR count). The standard InChI is InChI=1S/C23H22N2O3S/c1-2-6-20-21(18-11-9-17(10-12-18)16-7-4-3-5-8-16)24-23(29-20)25-22(26)19-15-27-13-14-28-19/h3-5,7-12,15H,2,6,13-14H2,1H3,(H,24,25,26). The van der Waals surface area contributed by atoms with E-state index in [1.165, 1.54) is 23.2 Å². The summed E-state index contributed by atoms with van der Waals surface area (Å²) in [6.45, 7) is 2.97. The quantitative estimate of drug-likeness (QED) is 0.607. The van der Waals surface area contributed by atoms with Gasteiger partial charge in [0.1, 0.15) is 19.5 Å². The SMILES string of the molecule is CCCc1sc(NC(=O)C2=COCCO2)nc1-c1ccc(-c2ccccc2)cc1. The van der Waals surface area contributed by atoms with E-state index < -0.39 is 0 Å². The summed E-state index contributed by atoms with van der Waals surface area (Å²) in [7, 11) is 0. The van der Waals surface area contributed by atoms with Gasteiger partial charge in [0.05, 0.1) is 5.69 Å². The Morgan fingerprint density at radius 3 is 2.45 bits per heavy atom. The number of rotatable bonds is 6. The summed E-state index contributed by atoms with van der Waals surface area (Å²) in [6.07, 6.45) is 3.26. The predicted molar refractivity (Wildman–Crippen MR) is 116 cm³/mol. The number of nitrogens with zero attached hydrogens (tertiary/aromatic N) is 1. The van der Waals surface area contributed by atoms with Crippen LogP contribution in [-0.2, 0) is 20.7 Å². The highest BCUT2D eigenvalue weighted by atomic mass is 32.1. The number of thiazole rings is 1. The van der Waals surface area contributed by atoms with Crippen LogP contribution in [0.3, 0.4) is 0 Å². The molecule has 5 nitrogen and oxygen atoms in total. The van der Waals surface area contributed by atoms with Crippen LogP contribution >= 0.6 is 11.3 Å². The first-order valence-corrected chi connectivity index (χ1v) is 10.5. The maximum absolute atomic E-state index is 12.4. The number of nitrogens with one attached hydrogen (secondary N) is 1. The van der Waals surface area contributed by atoms with Gasteiger partial charge in [-0.3, -0.25) is 10.1 Å². The summed E-state index contributed by atoms with van der Waals surface area (Å²) in [5, 5.41) is 3.40. The van der Waals surface area contributed by atoms with Gasteiger partial charge in [-0.15, -0.1) is 11.3 Å². The van der Waals surface area contributed by atoms with Gasteiger partial charge in [-0.25, -0.2) is 4.98 Å². The minimum absolute atomic E-state index is 0.178. The second-order valence-electron chi connectivity index (χ2n) is 6.64. The van der Waals surface area contributed by atoms with Crippen LogP contribution in [0, 0.1) is 0 Å². The van der Waals surface area contributed by atoms with Gasteiger partial charge in [-0.2, -0.15) is 0 Å². The molecule has 6 heteroatoms. The molecule has 3 aromatic rings. The van der Waals surface area contributed by atoms with Gasteiger partial charge >= 0.3 is 0 Å². The molecule has 0 atom stereocenters. The van der Waals surface area contributed by atoms with Crippen molar-refractivity contribution in [2.24, 2.45) is 0 Å². The van der Waals surface area contributed by atoms with Gasteiger partial charge < -0.3 is 9.47 Å². The summed E-state index contributed by atoms with van der Waals surface area (Å²) in [6, 6.07) is 18.7. The molecule has 1 aromatic heterocycles. The maximum Gasteiger partial charge on any atom is 0.295 e. The van der Waals surface area contributed by atoms with E-state index in [1.54, 1.807) is 0 Å². The van der Waals surface area contributed by atoms with Gasteiger partial charge in [0.25, 0.3) is 5.91 Å². The first-order chi connectivity index (χ1) is 14.2. The Hall–Kier alpha value is -3.12. The fourth-order valence-electron chi connectivity index (χ4n) is 3.12. The highest BCUT2D eigenvalue weighted by Crippen LogP contribution is 2.33. The highest BCUT2D eigenvalue weighted by molar-refractivity contribution is 7.16. The van der Waals surface area contributed by atoms with E-state index in [0.717, 1.165) is 34.5 Å². The topological polar surface area (TPSA) is 60.5 Å². The monoisotopic (exact) mass is 406 g/mol. The average molecular weight is 407 g/mol. The number of hydrogen-bond donors (Lipinski definition) is 1. The second kappa shape index (κ2) is 8.92. The zero-order valence-corrected chi connectivity index (χ0v) is 17.0. The number of ether oxygens (including phenoxy) is 2. The minimum atomic E-state index is -0.340. The maximum atomic E-state index is 12.4.